The maximum atomic E-state index is 12.2. The van der Waals surface area contributed by atoms with Crippen molar-refractivity contribution in [3.8, 4) is 0 Å². The summed E-state index contributed by atoms with van der Waals surface area (Å²) in [5.41, 5.74) is 2.11. The molecule has 2 rings (SSSR count). The van der Waals surface area contributed by atoms with Gasteiger partial charge in [-0.1, -0.05) is 34.8 Å². The summed E-state index contributed by atoms with van der Waals surface area (Å²) < 4.78 is 0. The van der Waals surface area contributed by atoms with Gasteiger partial charge in [0.1, 0.15) is 5.15 Å². The second kappa shape index (κ2) is 5.95. The van der Waals surface area contributed by atoms with Gasteiger partial charge in [0.25, 0.3) is 5.91 Å². The third-order valence-electron chi connectivity index (χ3n) is 2.61. The van der Waals surface area contributed by atoms with Crippen LogP contribution in [0.1, 0.15) is 21.6 Å². The number of hydrogen-bond acceptors (Lipinski definition) is 3. The number of nitrogens with zero attached hydrogens (tertiary/aromatic N) is 2. The van der Waals surface area contributed by atoms with E-state index in [1.54, 1.807) is 26.0 Å². The Kier molecular flexibility index (Phi) is 4.48. The van der Waals surface area contributed by atoms with E-state index in [-0.39, 0.29) is 15.9 Å². The first kappa shape index (κ1) is 15.0. The van der Waals surface area contributed by atoms with Gasteiger partial charge >= 0.3 is 0 Å². The second-order valence-electron chi connectivity index (χ2n) is 4.19. The van der Waals surface area contributed by atoms with E-state index in [4.69, 9.17) is 34.8 Å². The molecular weight excluding hydrogens is 321 g/mol. The van der Waals surface area contributed by atoms with Crippen LogP contribution in [0.25, 0.3) is 0 Å². The first-order valence-electron chi connectivity index (χ1n) is 5.64. The molecule has 0 radical (unpaired) electrons. The molecule has 2 aromatic rings. The predicted octanol–water partition coefficient (Wildman–Crippen LogP) is 4.31. The fraction of sp³-hybridized carbons (Fsp3) is 0.154. The number of carbonyl (C=O) groups excluding carboxylic acids is 1. The zero-order chi connectivity index (χ0) is 14.9. The van der Waals surface area contributed by atoms with Crippen molar-refractivity contribution in [2.24, 2.45) is 0 Å². The fourth-order valence-corrected chi connectivity index (χ4v) is 2.49. The molecule has 0 aliphatic rings. The van der Waals surface area contributed by atoms with Crippen LogP contribution in [0.4, 0.5) is 5.69 Å². The number of hydrogen-bond donors (Lipinski definition) is 1. The lowest BCUT2D eigenvalue weighted by molar-refractivity contribution is 0.102. The molecule has 7 heteroatoms. The quantitative estimate of drug-likeness (QED) is 0.835. The Morgan fingerprint density at radius 2 is 1.90 bits per heavy atom. The van der Waals surface area contributed by atoms with Gasteiger partial charge < -0.3 is 5.32 Å². The van der Waals surface area contributed by atoms with Crippen molar-refractivity contribution in [2.45, 2.75) is 13.8 Å². The van der Waals surface area contributed by atoms with E-state index < -0.39 is 5.91 Å². The smallest absolute Gasteiger partial charge is 0.258 e. The predicted molar refractivity (Wildman–Crippen MR) is 80.9 cm³/mol. The lowest BCUT2D eigenvalue weighted by Crippen LogP contribution is -2.14. The molecule has 0 aliphatic heterocycles. The van der Waals surface area contributed by atoms with E-state index in [2.05, 4.69) is 15.3 Å². The molecule has 1 N–H and O–H groups in total. The molecule has 104 valence electrons. The summed E-state index contributed by atoms with van der Waals surface area (Å²) in [5.74, 6) is -0.406. The highest BCUT2D eigenvalue weighted by atomic mass is 35.5. The number of aromatic nitrogens is 2. The maximum absolute atomic E-state index is 12.2. The summed E-state index contributed by atoms with van der Waals surface area (Å²) in [5, 5.41) is 3.38. The molecule has 0 spiro atoms. The molecule has 0 atom stereocenters. The number of halogens is 3. The Morgan fingerprint density at radius 1 is 1.20 bits per heavy atom. The molecule has 0 fully saturated rings. The summed E-state index contributed by atoms with van der Waals surface area (Å²) in [7, 11) is 0. The summed E-state index contributed by atoms with van der Waals surface area (Å²) in [6, 6.07) is 3.23. The van der Waals surface area contributed by atoms with Crippen molar-refractivity contribution in [1.82, 2.24) is 9.97 Å². The number of anilines is 1. The Morgan fingerprint density at radius 3 is 2.50 bits per heavy atom. The van der Waals surface area contributed by atoms with E-state index >= 15 is 0 Å². The molecular formula is C13H10Cl3N3O. The van der Waals surface area contributed by atoms with E-state index in [0.717, 1.165) is 5.69 Å². The van der Waals surface area contributed by atoms with Crippen molar-refractivity contribution in [1.29, 1.82) is 0 Å². The Bertz CT molecular complexity index is 666. The summed E-state index contributed by atoms with van der Waals surface area (Å²) in [6.45, 7) is 3.56. The largest absolute Gasteiger partial charge is 0.319 e. The van der Waals surface area contributed by atoms with Crippen LogP contribution < -0.4 is 5.32 Å². The molecule has 0 saturated heterocycles. The van der Waals surface area contributed by atoms with Gasteiger partial charge in [0.15, 0.2) is 5.15 Å². The highest BCUT2D eigenvalue weighted by molar-refractivity contribution is 6.36. The molecule has 0 saturated carbocycles. The van der Waals surface area contributed by atoms with Crippen LogP contribution in [-0.2, 0) is 0 Å². The summed E-state index contributed by atoms with van der Waals surface area (Å²) in [6.07, 6.45) is 1.42. The number of pyridine rings is 2. The van der Waals surface area contributed by atoms with Gasteiger partial charge in [-0.25, -0.2) is 4.98 Å². The molecule has 0 aromatic carbocycles. The molecule has 0 bridgehead atoms. The standard InChI is InChI=1S/C13H10Cl3N3O/c1-6-3-10(15)18-12(16)11(6)19-13(20)8-5-17-7(2)4-9(8)14/h3-5H,1-2H3,(H,19,20). The minimum Gasteiger partial charge on any atom is -0.319 e. The lowest BCUT2D eigenvalue weighted by Gasteiger charge is -2.11. The molecule has 1 amide bonds. The number of aryl methyl sites for hydroxylation is 2. The van der Waals surface area contributed by atoms with Gasteiger partial charge in [0.2, 0.25) is 0 Å². The third kappa shape index (κ3) is 3.20. The third-order valence-corrected chi connectivity index (χ3v) is 3.39. The van der Waals surface area contributed by atoms with Crippen LogP contribution >= 0.6 is 34.8 Å². The first-order chi connectivity index (χ1) is 9.38. The monoisotopic (exact) mass is 329 g/mol. The maximum Gasteiger partial charge on any atom is 0.258 e. The van der Waals surface area contributed by atoms with Gasteiger partial charge in [-0.2, -0.15) is 0 Å². The van der Waals surface area contributed by atoms with E-state index in [1.165, 1.54) is 6.20 Å². The minimum atomic E-state index is -0.406. The van der Waals surface area contributed by atoms with Gasteiger partial charge in [0.05, 0.1) is 16.3 Å². The van der Waals surface area contributed by atoms with Crippen molar-refractivity contribution in [2.75, 3.05) is 5.32 Å². The van der Waals surface area contributed by atoms with Crippen LogP contribution in [0.15, 0.2) is 18.3 Å². The summed E-state index contributed by atoms with van der Waals surface area (Å²) in [4.78, 5) is 20.1. The van der Waals surface area contributed by atoms with E-state index in [0.29, 0.717) is 16.3 Å². The number of amides is 1. The van der Waals surface area contributed by atoms with Crippen LogP contribution in [0, 0.1) is 13.8 Å². The normalized spacial score (nSPS) is 10.4. The molecule has 0 aliphatic carbocycles. The average Bonchev–Trinajstić information content (AvgIpc) is 2.33. The highest BCUT2D eigenvalue weighted by Gasteiger charge is 2.15. The van der Waals surface area contributed by atoms with Crippen LogP contribution in [0.5, 0.6) is 0 Å². The molecule has 20 heavy (non-hydrogen) atoms. The van der Waals surface area contributed by atoms with Crippen LogP contribution in [-0.4, -0.2) is 15.9 Å². The topological polar surface area (TPSA) is 54.9 Å². The number of rotatable bonds is 2. The Hall–Kier alpha value is -1.36. The second-order valence-corrected chi connectivity index (χ2v) is 5.34. The Labute approximate surface area is 131 Å². The van der Waals surface area contributed by atoms with Gasteiger partial charge in [-0.05, 0) is 31.5 Å². The number of carbonyl (C=O) groups is 1. The molecule has 2 heterocycles. The first-order valence-corrected chi connectivity index (χ1v) is 6.78. The lowest BCUT2D eigenvalue weighted by atomic mass is 10.2. The van der Waals surface area contributed by atoms with E-state index in [1.807, 2.05) is 0 Å². The van der Waals surface area contributed by atoms with Gasteiger partial charge in [-0.3, -0.25) is 9.78 Å². The van der Waals surface area contributed by atoms with Crippen LogP contribution in [0.2, 0.25) is 15.3 Å². The van der Waals surface area contributed by atoms with E-state index in [9.17, 15) is 4.79 Å². The fourth-order valence-electron chi connectivity index (χ4n) is 1.62. The average molecular weight is 331 g/mol. The van der Waals surface area contributed by atoms with Crippen LogP contribution in [0.3, 0.4) is 0 Å². The summed E-state index contributed by atoms with van der Waals surface area (Å²) >= 11 is 17.8. The molecule has 0 unspecified atom stereocenters. The molecule has 2 aromatic heterocycles. The zero-order valence-corrected chi connectivity index (χ0v) is 12.9. The number of nitrogens with one attached hydrogen (secondary N) is 1. The van der Waals surface area contributed by atoms with Crippen molar-refractivity contribution >= 4 is 46.4 Å². The van der Waals surface area contributed by atoms with Gasteiger partial charge in [-0.15, -0.1) is 0 Å². The van der Waals surface area contributed by atoms with Crippen molar-refractivity contribution in [3.05, 3.63) is 50.5 Å². The molecule has 4 nitrogen and oxygen atoms in total. The minimum absolute atomic E-state index is 0.125. The SMILES string of the molecule is Cc1cc(Cl)c(C(=O)Nc2c(C)cc(Cl)nc2Cl)cn1. The van der Waals surface area contributed by atoms with Gasteiger partial charge in [0, 0.05) is 11.9 Å². The Balaban J connectivity index is 2.33. The highest BCUT2D eigenvalue weighted by Crippen LogP contribution is 2.27. The zero-order valence-electron chi connectivity index (χ0n) is 10.7. The van der Waals surface area contributed by atoms with Crippen molar-refractivity contribution < 1.29 is 4.79 Å². The van der Waals surface area contributed by atoms with Crippen molar-refractivity contribution in [3.63, 3.8) is 0 Å².